The van der Waals surface area contributed by atoms with Crippen LogP contribution < -0.4 is 14.8 Å². The second-order valence-electron chi connectivity index (χ2n) is 9.68. The van der Waals surface area contributed by atoms with Gasteiger partial charge in [0.1, 0.15) is 13.2 Å². The summed E-state index contributed by atoms with van der Waals surface area (Å²) in [5.41, 5.74) is 4.50. The van der Waals surface area contributed by atoms with Gasteiger partial charge >= 0.3 is 5.97 Å². The molecule has 1 N–H and O–H groups in total. The number of benzene rings is 2. The molecule has 3 aliphatic rings. The first-order chi connectivity index (χ1) is 18.0. The molecular formula is C30H33NO6. The highest BCUT2D eigenvalue weighted by Crippen LogP contribution is 2.44. The topological polar surface area (TPSA) is 83.1 Å². The number of esters is 1. The third kappa shape index (κ3) is 5.42. The van der Waals surface area contributed by atoms with Gasteiger partial charge in [0.15, 0.2) is 17.3 Å². The lowest BCUT2D eigenvalue weighted by Crippen LogP contribution is -2.35. The third-order valence-corrected chi connectivity index (χ3v) is 7.18. The average Bonchev–Trinajstić information content (AvgIpc) is 3.44. The average molecular weight is 504 g/mol. The van der Waals surface area contributed by atoms with Crippen LogP contribution >= 0.6 is 0 Å². The lowest BCUT2D eigenvalue weighted by molar-refractivity contribution is -0.142. The molecule has 0 bridgehead atoms. The smallest absolute Gasteiger partial charge is 0.336 e. The van der Waals surface area contributed by atoms with E-state index in [-0.39, 0.29) is 18.5 Å². The molecule has 1 fully saturated rings. The molecule has 1 saturated heterocycles. The number of carbonyl (C=O) groups is 2. The Hall–Kier alpha value is -3.58. The van der Waals surface area contributed by atoms with Crippen molar-refractivity contribution in [2.75, 3.05) is 20.3 Å². The van der Waals surface area contributed by atoms with Crippen LogP contribution in [0.15, 0.2) is 71.1 Å². The molecule has 2 atom stereocenters. The van der Waals surface area contributed by atoms with Crippen molar-refractivity contribution in [2.45, 2.75) is 57.7 Å². The minimum atomic E-state index is -0.550. The lowest BCUT2D eigenvalue weighted by Gasteiger charge is -2.34. The second-order valence-corrected chi connectivity index (χ2v) is 9.68. The largest absolute Gasteiger partial charge is 0.493 e. The van der Waals surface area contributed by atoms with E-state index < -0.39 is 11.9 Å². The zero-order valence-corrected chi connectivity index (χ0v) is 21.4. The maximum absolute atomic E-state index is 13.5. The molecule has 2 aromatic carbocycles. The van der Waals surface area contributed by atoms with Crippen LogP contribution in [0, 0.1) is 0 Å². The van der Waals surface area contributed by atoms with Crippen molar-refractivity contribution >= 4 is 11.8 Å². The highest BCUT2D eigenvalue weighted by molar-refractivity contribution is 6.03. The van der Waals surface area contributed by atoms with Gasteiger partial charge in [0, 0.05) is 35.9 Å². The van der Waals surface area contributed by atoms with E-state index in [1.54, 1.807) is 7.11 Å². The zero-order valence-electron chi connectivity index (χ0n) is 21.4. The van der Waals surface area contributed by atoms with E-state index >= 15 is 0 Å². The van der Waals surface area contributed by atoms with E-state index in [0.717, 1.165) is 42.5 Å². The first-order valence-electron chi connectivity index (χ1n) is 12.9. The van der Waals surface area contributed by atoms with Gasteiger partial charge < -0.3 is 24.3 Å². The van der Waals surface area contributed by atoms with Gasteiger partial charge in [0.2, 0.25) is 0 Å². The van der Waals surface area contributed by atoms with Gasteiger partial charge in [-0.05, 0) is 55.9 Å². The Morgan fingerprint density at radius 2 is 1.92 bits per heavy atom. The lowest BCUT2D eigenvalue weighted by atomic mass is 9.75. The molecule has 2 heterocycles. The molecule has 2 aromatic rings. The maximum Gasteiger partial charge on any atom is 0.336 e. The number of nitrogens with one attached hydrogen (secondary N) is 1. The first kappa shape index (κ1) is 25.1. The molecule has 0 unspecified atom stereocenters. The monoisotopic (exact) mass is 503 g/mol. The number of hydrogen-bond acceptors (Lipinski definition) is 7. The Morgan fingerprint density at radius 3 is 2.68 bits per heavy atom. The fourth-order valence-corrected chi connectivity index (χ4v) is 5.33. The Bertz CT molecular complexity index is 1230. The van der Waals surface area contributed by atoms with E-state index in [1.807, 2.05) is 55.5 Å². The van der Waals surface area contributed by atoms with Crippen molar-refractivity contribution in [1.29, 1.82) is 0 Å². The summed E-state index contributed by atoms with van der Waals surface area (Å²) >= 11 is 0. The van der Waals surface area contributed by atoms with Gasteiger partial charge in [0.25, 0.3) is 0 Å². The van der Waals surface area contributed by atoms with E-state index in [2.05, 4.69) is 5.32 Å². The molecule has 1 aliphatic carbocycles. The normalized spacial score (nSPS) is 21.4. The first-order valence-corrected chi connectivity index (χ1v) is 12.9. The third-order valence-electron chi connectivity index (χ3n) is 7.18. The number of dihydropyridines is 1. The molecule has 194 valence electrons. The predicted octanol–water partition coefficient (Wildman–Crippen LogP) is 4.96. The summed E-state index contributed by atoms with van der Waals surface area (Å²) in [5.74, 6) is 0.209. The molecule has 2 aliphatic heterocycles. The summed E-state index contributed by atoms with van der Waals surface area (Å²) in [6, 6.07) is 15.5. The Labute approximate surface area is 217 Å². The maximum atomic E-state index is 13.5. The van der Waals surface area contributed by atoms with Crippen LogP contribution in [0.5, 0.6) is 11.5 Å². The molecular weight excluding hydrogens is 470 g/mol. The van der Waals surface area contributed by atoms with E-state index in [0.29, 0.717) is 48.0 Å². The fraction of sp³-hybridized carbons (Fsp3) is 0.400. The molecule has 0 saturated carbocycles. The van der Waals surface area contributed by atoms with Crippen LogP contribution in [-0.2, 0) is 25.7 Å². The quantitative estimate of drug-likeness (QED) is 0.510. The summed E-state index contributed by atoms with van der Waals surface area (Å²) in [6.07, 6.45) is 3.78. The van der Waals surface area contributed by atoms with Crippen LogP contribution in [0.1, 0.15) is 56.1 Å². The van der Waals surface area contributed by atoms with Crippen molar-refractivity contribution in [3.05, 3.63) is 82.2 Å². The van der Waals surface area contributed by atoms with Gasteiger partial charge in [-0.2, -0.15) is 0 Å². The van der Waals surface area contributed by atoms with Gasteiger partial charge in [0.05, 0.1) is 18.8 Å². The van der Waals surface area contributed by atoms with Crippen molar-refractivity contribution in [1.82, 2.24) is 5.32 Å². The standard InChI is InChI=1S/C30H33NO6/c1-19-27(30(33)37-18-22-10-7-15-35-22)28(29-23(31-19)11-6-12-24(29)32)21-13-14-25(34-2)26(16-21)36-17-20-8-4-3-5-9-20/h3-5,8-9,13-14,16,22,28,31H,6-7,10-12,15,17-18H2,1-2H3/t22-,28-/m1/s1. The highest BCUT2D eigenvalue weighted by Gasteiger charge is 2.39. The molecule has 0 radical (unpaired) electrons. The van der Waals surface area contributed by atoms with E-state index in [9.17, 15) is 9.59 Å². The zero-order chi connectivity index (χ0) is 25.8. The number of ketones is 1. The van der Waals surface area contributed by atoms with Crippen molar-refractivity contribution in [3.8, 4) is 11.5 Å². The molecule has 7 heteroatoms. The Morgan fingerprint density at radius 1 is 1.08 bits per heavy atom. The molecule has 7 nitrogen and oxygen atoms in total. The number of carbonyl (C=O) groups excluding carboxylic acids is 2. The SMILES string of the molecule is COc1ccc([C@@H]2C(C(=O)OC[C@H]3CCCO3)=C(C)NC3=C2C(=O)CCC3)cc1OCc1ccccc1. The summed E-state index contributed by atoms with van der Waals surface area (Å²) in [6.45, 7) is 3.13. The van der Waals surface area contributed by atoms with Crippen LogP contribution in [0.3, 0.4) is 0 Å². The molecule has 0 aromatic heterocycles. The second kappa shape index (κ2) is 11.2. The molecule has 0 amide bonds. The van der Waals surface area contributed by atoms with Crippen molar-refractivity contribution < 1.29 is 28.5 Å². The number of ether oxygens (including phenoxy) is 4. The summed E-state index contributed by atoms with van der Waals surface area (Å²) in [7, 11) is 1.60. The van der Waals surface area contributed by atoms with E-state index in [1.165, 1.54) is 0 Å². The Kier molecular flexibility index (Phi) is 7.60. The van der Waals surface area contributed by atoms with Gasteiger partial charge in [-0.3, -0.25) is 4.79 Å². The van der Waals surface area contributed by atoms with E-state index in [4.69, 9.17) is 18.9 Å². The predicted molar refractivity (Wildman–Crippen MR) is 138 cm³/mol. The number of methoxy groups -OCH3 is 1. The van der Waals surface area contributed by atoms with Crippen LogP contribution in [0.2, 0.25) is 0 Å². The van der Waals surface area contributed by atoms with Crippen LogP contribution in [-0.4, -0.2) is 38.2 Å². The summed E-state index contributed by atoms with van der Waals surface area (Å²) < 4.78 is 23.1. The van der Waals surface area contributed by atoms with Crippen molar-refractivity contribution in [3.63, 3.8) is 0 Å². The minimum Gasteiger partial charge on any atom is -0.493 e. The number of rotatable bonds is 8. The van der Waals surface area contributed by atoms with Crippen LogP contribution in [0.4, 0.5) is 0 Å². The van der Waals surface area contributed by atoms with Crippen molar-refractivity contribution in [2.24, 2.45) is 0 Å². The van der Waals surface area contributed by atoms with Gasteiger partial charge in [-0.25, -0.2) is 4.79 Å². The molecule has 5 rings (SSSR count). The number of hydrogen-bond donors (Lipinski definition) is 1. The molecule has 0 spiro atoms. The number of allylic oxidation sites excluding steroid dienone is 3. The summed E-state index contributed by atoms with van der Waals surface area (Å²) in [5, 5.41) is 3.34. The summed E-state index contributed by atoms with van der Waals surface area (Å²) in [4.78, 5) is 26.7. The van der Waals surface area contributed by atoms with Gasteiger partial charge in [-0.15, -0.1) is 0 Å². The van der Waals surface area contributed by atoms with Crippen LogP contribution in [0.25, 0.3) is 0 Å². The number of Topliss-reactive ketones (excluding diaryl/α,β-unsaturated/α-hetero) is 1. The Balaban J connectivity index is 1.49. The van der Waals surface area contributed by atoms with Gasteiger partial charge in [-0.1, -0.05) is 36.4 Å². The highest BCUT2D eigenvalue weighted by atomic mass is 16.6. The fourth-order valence-electron chi connectivity index (χ4n) is 5.33. The minimum absolute atomic E-state index is 0.0539. The molecule has 37 heavy (non-hydrogen) atoms.